The summed E-state index contributed by atoms with van der Waals surface area (Å²) in [7, 11) is 0. The fourth-order valence-corrected chi connectivity index (χ4v) is 1.47. The number of rotatable bonds is 5. The Labute approximate surface area is 90.2 Å². The van der Waals surface area contributed by atoms with Gasteiger partial charge in [0.15, 0.2) is 0 Å². The van der Waals surface area contributed by atoms with E-state index in [0.717, 1.165) is 6.54 Å². The van der Waals surface area contributed by atoms with Gasteiger partial charge in [-0.2, -0.15) is 0 Å². The third kappa shape index (κ3) is 4.59. The first-order valence-corrected chi connectivity index (χ1v) is 5.36. The number of amides is 1. The molecule has 1 amide bonds. The van der Waals surface area contributed by atoms with E-state index in [4.69, 9.17) is 4.74 Å². The first-order valence-electron chi connectivity index (χ1n) is 5.36. The molecule has 1 aliphatic rings. The van der Waals surface area contributed by atoms with Gasteiger partial charge in [0.05, 0.1) is 12.2 Å². The zero-order chi connectivity index (χ0) is 11.3. The third-order valence-electron chi connectivity index (χ3n) is 2.41. The number of nitrogens with one attached hydrogen (secondary N) is 2. The second-order valence-electron chi connectivity index (χ2n) is 4.15. The summed E-state index contributed by atoms with van der Waals surface area (Å²) in [4.78, 5) is 11.3. The topological polar surface area (TPSA) is 70.6 Å². The van der Waals surface area contributed by atoms with Gasteiger partial charge in [-0.25, -0.2) is 0 Å². The standard InChI is InChI=1S/C10H20N2O3/c1-7(2)15-6-10(14)12-4-8-3-11-5-9(8)13/h7-9,11,13H,3-6H2,1-2H3,(H,12,14). The van der Waals surface area contributed by atoms with Crippen molar-refractivity contribution in [3.05, 3.63) is 0 Å². The monoisotopic (exact) mass is 216 g/mol. The Hall–Kier alpha value is -0.650. The van der Waals surface area contributed by atoms with E-state index in [-0.39, 0.29) is 30.6 Å². The molecule has 1 rings (SSSR count). The van der Waals surface area contributed by atoms with Crippen molar-refractivity contribution in [1.29, 1.82) is 0 Å². The lowest BCUT2D eigenvalue weighted by Gasteiger charge is -2.14. The highest BCUT2D eigenvalue weighted by atomic mass is 16.5. The molecule has 5 heteroatoms. The molecule has 88 valence electrons. The minimum atomic E-state index is -0.351. The van der Waals surface area contributed by atoms with Crippen LogP contribution in [0.3, 0.4) is 0 Å². The predicted molar refractivity (Wildman–Crippen MR) is 56.5 cm³/mol. The maximum atomic E-state index is 11.3. The highest BCUT2D eigenvalue weighted by Gasteiger charge is 2.24. The molecule has 2 atom stereocenters. The van der Waals surface area contributed by atoms with Gasteiger partial charge in [0.25, 0.3) is 0 Å². The maximum Gasteiger partial charge on any atom is 0.246 e. The molecule has 2 unspecified atom stereocenters. The molecule has 0 aliphatic carbocycles. The van der Waals surface area contributed by atoms with Crippen molar-refractivity contribution in [3.8, 4) is 0 Å². The molecule has 0 radical (unpaired) electrons. The van der Waals surface area contributed by atoms with Crippen LogP contribution in [-0.4, -0.2) is 49.5 Å². The second kappa shape index (κ2) is 6.05. The molecule has 1 aliphatic heterocycles. The average Bonchev–Trinajstić information content (AvgIpc) is 2.58. The van der Waals surface area contributed by atoms with E-state index in [1.54, 1.807) is 0 Å². The van der Waals surface area contributed by atoms with E-state index in [1.807, 2.05) is 13.8 Å². The number of ether oxygens (including phenoxy) is 1. The van der Waals surface area contributed by atoms with Crippen LogP contribution < -0.4 is 10.6 Å². The van der Waals surface area contributed by atoms with Gasteiger partial charge >= 0.3 is 0 Å². The van der Waals surface area contributed by atoms with Crippen LogP contribution in [0.25, 0.3) is 0 Å². The Kier molecular flexibility index (Phi) is 5.01. The number of carbonyl (C=O) groups is 1. The smallest absolute Gasteiger partial charge is 0.246 e. The van der Waals surface area contributed by atoms with Crippen LogP contribution in [0, 0.1) is 5.92 Å². The van der Waals surface area contributed by atoms with Crippen LogP contribution >= 0.6 is 0 Å². The Morgan fingerprint density at radius 2 is 2.33 bits per heavy atom. The zero-order valence-corrected chi connectivity index (χ0v) is 9.32. The summed E-state index contributed by atoms with van der Waals surface area (Å²) in [6.07, 6.45) is -0.286. The molecule has 0 bridgehead atoms. The van der Waals surface area contributed by atoms with Gasteiger partial charge in [0.2, 0.25) is 5.91 Å². The molecule has 1 saturated heterocycles. The van der Waals surface area contributed by atoms with Crippen molar-refractivity contribution in [3.63, 3.8) is 0 Å². The minimum Gasteiger partial charge on any atom is -0.391 e. The van der Waals surface area contributed by atoms with Crippen molar-refractivity contribution in [1.82, 2.24) is 10.6 Å². The molecule has 0 saturated carbocycles. The second-order valence-corrected chi connectivity index (χ2v) is 4.15. The van der Waals surface area contributed by atoms with Gasteiger partial charge in [0, 0.05) is 25.6 Å². The lowest BCUT2D eigenvalue weighted by atomic mass is 10.1. The van der Waals surface area contributed by atoms with E-state index in [2.05, 4.69) is 10.6 Å². The molecule has 5 nitrogen and oxygen atoms in total. The number of β-amino-alcohol motifs (C(OH)–C–C–N with tert-alkyl or cyclic N) is 1. The predicted octanol–water partition coefficient (Wildman–Crippen LogP) is -0.892. The third-order valence-corrected chi connectivity index (χ3v) is 2.41. The lowest BCUT2D eigenvalue weighted by Crippen LogP contribution is -2.36. The largest absolute Gasteiger partial charge is 0.391 e. The van der Waals surface area contributed by atoms with Crippen LogP contribution in [0.1, 0.15) is 13.8 Å². The lowest BCUT2D eigenvalue weighted by molar-refractivity contribution is -0.127. The summed E-state index contributed by atoms with van der Waals surface area (Å²) in [6.45, 7) is 5.74. The number of aliphatic hydroxyl groups excluding tert-OH is 1. The molecule has 15 heavy (non-hydrogen) atoms. The van der Waals surface area contributed by atoms with E-state index >= 15 is 0 Å². The summed E-state index contributed by atoms with van der Waals surface area (Å²) in [5.41, 5.74) is 0. The number of hydrogen-bond donors (Lipinski definition) is 3. The number of hydrogen-bond acceptors (Lipinski definition) is 4. The van der Waals surface area contributed by atoms with Gasteiger partial charge in [-0.3, -0.25) is 4.79 Å². The van der Waals surface area contributed by atoms with Gasteiger partial charge in [-0.15, -0.1) is 0 Å². The van der Waals surface area contributed by atoms with Crippen LogP contribution in [0.4, 0.5) is 0 Å². The van der Waals surface area contributed by atoms with Crippen molar-refractivity contribution in [2.24, 2.45) is 5.92 Å². The Balaban J connectivity index is 2.11. The number of aliphatic hydroxyl groups is 1. The first kappa shape index (κ1) is 12.4. The minimum absolute atomic E-state index is 0.0643. The first-order chi connectivity index (χ1) is 7.09. The Morgan fingerprint density at radius 3 is 2.87 bits per heavy atom. The van der Waals surface area contributed by atoms with Gasteiger partial charge in [0.1, 0.15) is 6.61 Å². The van der Waals surface area contributed by atoms with Gasteiger partial charge in [-0.05, 0) is 13.8 Å². The van der Waals surface area contributed by atoms with Crippen LogP contribution in [-0.2, 0) is 9.53 Å². The van der Waals surface area contributed by atoms with E-state index in [0.29, 0.717) is 13.1 Å². The molecule has 0 aromatic carbocycles. The molecule has 0 aromatic heterocycles. The van der Waals surface area contributed by atoms with Crippen LogP contribution in [0.15, 0.2) is 0 Å². The summed E-state index contributed by atoms with van der Waals surface area (Å²) in [5.74, 6) is -0.00389. The average molecular weight is 216 g/mol. The van der Waals surface area contributed by atoms with E-state index < -0.39 is 0 Å². The Bertz CT molecular complexity index is 209. The SMILES string of the molecule is CC(C)OCC(=O)NCC1CNCC1O. The summed E-state index contributed by atoms with van der Waals surface area (Å²) in [6, 6.07) is 0. The van der Waals surface area contributed by atoms with Crippen molar-refractivity contribution < 1.29 is 14.6 Å². The number of carbonyl (C=O) groups excluding carboxylic acids is 1. The quantitative estimate of drug-likeness (QED) is 0.557. The van der Waals surface area contributed by atoms with Crippen LogP contribution in [0.2, 0.25) is 0 Å². The summed E-state index contributed by atoms with van der Waals surface area (Å²) < 4.78 is 5.16. The van der Waals surface area contributed by atoms with E-state index in [9.17, 15) is 9.90 Å². The van der Waals surface area contributed by atoms with Crippen LogP contribution in [0.5, 0.6) is 0 Å². The fourth-order valence-electron chi connectivity index (χ4n) is 1.47. The Morgan fingerprint density at radius 1 is 1.60 bits per heavy atom. The zero-order valence-electron chi connectivity index (χ0n) is 9.32. The molecule has 1 heterocycles. The fraction of sp³-hybridized carbons (Fsp3) is 0.900. The molecular weight excluding hydrogens is 196 g/mol. The van der Waals surface area contributed by atoms with Crippen molar-refractivity contribution in [2.75, 3.05) is 26.2 Å². The summed E-state index contributed by atoms with van der Waals surface area (Å²) >= 11 is 0. The summed E-state index contributed by atoms with van der Waals surface area (Å²) in [5, 5.41) is 15.3. The van der Waals surface area contributed by atoms with Gasteiger partial charge < -0.3 is 20.5 Å². The van der Waals surface area contributed by atoms with E-state index in [1.165, 1.54) is 0 Å². The molecule has 3 N–H and O–H groups in total. The van der Waals surface area contributed by atoms with Crippen molar-refractivity contribution >= 4 is 5.91 Å². The molecular formula is C10H20N2O3. The molecule has 0 aromatic rings. The van der Waals surface area contributed by atoms with Crippen molar-refractivity contribution in [2.45, 2.75) is 26.1 Å². The van der Waals surface area contributed by atoms with Gasteiger partial charge in [-0.1, -0.05) is 0 Å². The maximum absolute atomic E-state index is 11.3. The highest BCUT2D eigenvalue weighted by Crippen LogP contribution is 2.06. The normalized spacial score (nSPS) is 25.9. The molecule has 0 spiro atoms. The molecule has 1 fully saturated rings. The highest BCUT2D eigenvalue weighted by molar-refractivity contribution is 5.77.